The second kappa shape index (κ2) is 8.91. The largest absolute Gasteiger partial charge is 0.383 e. The van der Waals surface area contributed by atoms with Crippen molar-refractivity contribution >= 4 is 17.4 Å². The van der Waals surface area contributed by atoms with E-state index in [1.807, 2.05) is 11.0 Å². The normalized spacial score (nSPS) is 22.1. The Morgan fingerprint density at radius 2 is 1.90 bits per heavy atom. The molecule has 2 bridgehead atoms. The summed E-state index contributed by atoms with van der Waals surface area (Å²) in [5.41, 5.74) is 12.2. The molecule has 0 aromatic carbocycles. The molecule has 2 aliphatic heterocycles. The number of rotatable bonds is 5. The van der Waals surface area contributed by atoms with Crippen molar-refractivity contribution in [2.24, 2.45) is 0 Å². The van der Waals surface area contributed by atoms with Crippen LogP contribution in [0.2, 0.25) is 0 Å². The molecule has 5 aromatic heterocycles. The van der Waals surface area contributed by atoms with Gasteiger partial charge in [0, 0.05) is 40.9 Å². The van der Waals surface area contributed by atoms with E-state index < -0.39 is 5.82 Å². The Morgan fingerprint density at radius 1 is 1.10 bits per heavy atom. The molecule has 13 heteroatoms. The fourth-order valence-corrected chi connectivity index (χ4v) is 6.79. The highest BCUT2D eigenvalue weighted by Gasteiger charge is 2.46. The molecule has 1 saturated carbocycles. The van der Waals surface area contributed by atoms with Crippen LogP contribution in [-0.2, 0) is 0 Å². The fraction of sp³-hybridized carbons (Fsp3) is 0.393. The van der Waals surface area contributed by atoms with Crippen molar-refractivity contribution in [3.8, 4) is 22.5 Å². The van der Waals surface area contributed by atoms with Crippen molar-refractivity contribution < 1.29 is 9.18 Å². The summed E-state index contributed by atoms with van der Waals surface area (Å²) in [5.74, 6) is 0.993. The Bertz CT molecular complexity index is 1770. The molecule has 1 amide bonds. The molecular weight excluding hydrogens is 525 g/mol. The van der Waals surface area contributed by atoms with Crippen molar-refractivity contribution in [3.05, 3.63) is 59.4 Å². The van der Waals surface area contributed by atoms with Gasteiger partial charge in [0.15, 0.2) is 11.5 Å². The van der Waals surface area contributed by atoms with Crippen molar-refractivity contribution in [3.63, 3.8) is 0 Å². The van der Waals surface area contributed by atoms with Crippen LogP contribution in [0, 0.1) is 12.7 Å². The molecule has 4 N–H and O–H groups in total. The van der Waals surface area contributed by atoms with Crippen molar-refractivity contribution in [1.29, 1.82) is 0 Å². The number of H-pyrrole nitrogens is 2. The van der Waals surface area contributed by atoms with Gasteiger partial charge in [-0.1, -0.05) is 6.07 Å². The van der Waals surface area contributed by atoms with Gasteiger partial charge in [0.05, 0.1) is 23.3 Å². The average molecular weight is 554 g/mol. The van der Waals surface area contributed by atoms with Crippen LogP contribution in [0.25, 0.3) is 28.2 Å². The molecule has 3 atom stereocenters. The van der Waals surface area contributed by atoms with E-state index in [0.717, 1.165) is 60.9 Å². The van der Waals surface area contributed by atoms with E-state index in [1.165, 1.54) is 6.33 Å². The zero-order valence-corrected chi connectivity index (χ0v) is 22.4. The minimum atomic E-state index is -0.407. The number of carbonyl (C=O) groups is 1. The van der Waals surface area contributed by atoms with Gasteiger partial charge in [-0.25, -0.2) is 9.37 Å². The summed E-state index contributed by atoms with van der Waals surface area (Å²) in [6, 6.07) is 3.87. The molecule has 1 aliphatic carbocycles. The van der Waals surface area contributed by atoms with Gasteiger partial charge in [0.25, 0.3) is 5.91 Å². The number of piperidine rings is 1. The predicted octanol–water partition coefficient (Wildman–Crippen LogP) is 3.76. The van der Waals surface area contributed by atoms with Gasteiger partial charge < -0.3 is 15.6 Å². The summed E-state index contributed by atoms with van der Waals surface area (Å²) in [6.45, 7) is 1.63. The summed E-state index contributed by atoms with van der Waals surface area (Å²) >= 11 is 0. The van der Waals surface area contributed by atoms with E-state index in [1.54, 1.807) is 29.9 Å². The quantitative estimate of drug-likeness (QED) is 0.297. The van der Waals surface area contributed by atoms with E-state index in [9.17, 15) is 9.18 Å². The Kier molecular flexibility index (Phi) is 5.25. The number of aromatic amines is 2. The highest BCUT2D eigenvalue weighted by atomic mass is 19.1. The molecular formula is C28H28FN11O. The van der Waals surface area contributed by atoms with Crippen LogP contribution >= 0.6 is 0 Å². The molecule has 8 rings (SSSR count). The molecule has 208 valence electrons. The number of nitrogen functional groups attached to an aromatic ring is 1. The molecule has 12 nitrogen and oxygen atoms in total. The van der Waals surface area contributed by atoms with Gasteiger partial charge in [0.1, 0.15) is 17.8 Å². The van der Waals surface area contributed by atoms with E-state index in [-0.39, 0.29) is 35.4 Å². The first kappa shape index (κ1) is 24.1. The molecule has 0 spiro atoms. The summed E-state index contributed by atoms with van der Waals surface area (Å²) in [6.07, 6.45) is 10.6. The van der Waals surface area contributed by atoms with Gasteiger partial charge in [-0.2, -0.15) is 14.7 Å². The number of pyridine rings is 1. The maximum absolute atomic E-state index is 14.4. The molecule has 0 radical (unpaired) electrons. The maximum Gasteiger partial charge on any atom is 0.292 e. The smallest absolute Gasteiger partial charge is 0.292 e. The molecule has 0 unspecified atom stereocenters. The number of carbonyl (C=O) groups excluding carboxylic acids is 1. The Labute approximate surface area is 233 Å². The standard InChI is InChI=1S/C28H28FN11O/c1-13-22(29)24(37-36-13)20-7-4-15(10-31-20)19-11-34-40-25(30)21(14-2-3-14)23(35-27(19)40)16-8-17-5-6-18(9-16)39(17)28(41)26-32-12-33-38-26/h4,7,10-12,14,16-18H,2-3,5-6,8-9,30H2,1H3,(H,36,37)(H,32,33,38)/t16-,17-,18+. The third kappa shape index (κ3) is 3.75. The van der Waals surface area contributed by atoms with Gasteiger partial charge in [-0.3, -0.25) is 14.9 Å². The van der Waals surface area contributed by atoms with Gasteiger partial charge >= 0.3 is 0 Å². The van der Waals surface area contributed by atoms with Crippen molar-refractivity contribution in [1.82, 2.24) is 49.9 Å². The van der Waals surface area contributed by atoms with Crippen LogP contribution in [-0.4, -0.2) is 67.9 Å². The molecule has 5 aromatic rings. The number of amides is 1. The highest BCUT2D eigenvalue weighted by molar-refractivity contribution is 5.91. The number of fused-ring (bicyclic) bond motifs is 3. The molecule has 2 saturated heterocycles. The Morgan fingerprint density at radius 3 is 2.54 bits per heavy atom. The summed E-state index contributed by atoms with van der Waals surface area (Å²) in [7, 11) is 0. The van der Waals surface area contributed by atoms with Gasteiger partial charge in [-0.05, 0) is 57.4 Å². The van der Waals surface area contributed by atoms with Crippen LogP contribution in [0.3, 0.4) is 0 Å². The van der Waals surface area contributed by atoms with E-state index in [4.69, 9.17) is 10.7 Å². The topological polar surface area (TPSA) is 160 Å². The van der Waals surface area contributed by atoms with Crippen LogP contribution in [0.4, 0.5) is 10.2 Å². The molecule has 3 fully saturated rings. The first-order chi connectivity index (χ1) is 20.0. The number of aromatic nitrogens is 9. The molecule has 7 heterocycles. The number of hydrogen-bond donors (Lipinski definition) is 3. The zero-order chi connectivity index (χ0) is 27.8. The molecule has 3 aliphatic rings. The predicted molar refractivity (Wildman–Crippen MR) is 146 cm³/mol. The summed E-state index contributed by atoms with van der Waals surface area (Å²) < 4.78 is 16.1. The van der Waals surface area contributed by atoms with Crippen molar-refractivity contribution in [2.75, 3.05) is 5.73 Å². The number of anilines is 1. The first-order valence-corrected chi connectivity index (χ1v) is 14.0. The Balaban J connectivity index is 1.16. The first-order valence-electron chi connectivity index (χ1n) is 14.0. The number of nitrogens with two attached hydrogens (primary N) is 1. The highest BCUT2D eigenvalue weighted by Crippen LogP contribution is 2.50. The van der Waals surface area contributed by atoms with E-state index in [0.29, 0.717) is 28.8 Å². The van der Waals surface area contributed by atoms with E-state index in [2.05, 4.69) is 35.5 Å². The zero-order valence-electron chi connectivity index (χ0n) is 22.4. The number of nitrogens with zero attached hydrogens (tertiary/aromatic N) is 8. The maximum atomic E-state index is 14.4. The van der Waals surface area contributed by atoms with Crippen LogP contribution in [0.15, 0.2) is 30.9 Å². The summed E-state index contributed by atoms with van der Waals surface area (Å²) in [5, 5.41) is 19.1. The lowest BCUT2D eigenvalue weighted by Crippen LogP contribution is -2.46. The average Bonchev–Trinajstić information content (AvgIpc) is 3.27. The lowest BCUT2D eigenvalue weighted by molar-refractivity contribution is 0.0557. The van der Waals surface area contributed by atoms with Crippen LogP contribution in [0.1, 0.15) is 77.9 Å². The second-order valence-electron chi connectivity index (χ2n) is 11.4. The van der Waals surface area contributed by atoms with Crippen molar-refractivity contribution in [2.45, 2.75) is 69.4 Å². The summed E-state index contributed by atoms with van der Waals surface area (Å²) in [4.78, 5) is 27.8. The lowest BCUT2D eigenvalue weighted by atomic mass is 9.85. The van der Waals surface area contributed by atoms with Gasteiger partial charge in [0.2, 0.25) is 5.82 Å². The minimum Gasteiger partial charge on any atom is -0.383 e. The fourth-order valence-electron chi connectivity index (χ4n) is 6.79. The second-order valence-corrected chi connectivity index (χ2v) is 11.4. The number of hydrogen-bond acceptors (Lipinski definition) is 8. The van der Waals surface area contributed by atoms with E-state index >= 15 is 0 Å². The monoisotopic (exact) mass is 553 g/mol. The van der Waals surface area contributed by atoms with Gasteiger partial charge in [-0.15, -0.1) is 10.2 Å². The van der Waals surface area contributed by atoms with Crippen LogP contribution in [0.5, 0.6) is 0 Å². The molecule has 41 heavy (non-hydrogen) atoms. The minimum absolute atomic E-state index is 0.0855. The SMILES string of the molecule is Cc1[nH]nc(-c2ccc(-c3cnn4c(N)c(C5CC5)c([C@@H]5C[C@H]6CC[C@@H](C5)N6C(=O)c5nnc[nH]5)nc34)cn2)c1F. The third-order valence-electron chi connectivity index (χ3n) is 8.90. The Hall–Kier alpha value is -4.68. The third-order valence-corrected chi connectivity index (χ3v) is 8.90. The number of halogens is 1. The lowest BCUT2D eigenvalue weighted by Gasteiger charge is -2.39. The number of aryl methyl sites for hydroxylation is 1. The number of nitrogens with one attached hydrogen (secondary N) is 2. The van der Waals surface area contributed by atoms with Crippen LogP contribution < -0.4 is 5.73 Å².